The maximum Gasteiger partial charge on any atom is 0.272 e. The summed E-state index contributed by atoms with van der Waals surface area (Å²) in [6.07, 6.45) is 1.44. The molecule has 0 heterocycles. The predicted molar refractivity (Wildman–Crippen MR) is 170 cm³/mol. The van der Waals surface area contributed by atoms with Gasteiger partial charge < -0.3 is 16.0 Å². The van der Waals surface area contributed by atoms with Crippen molar-refractivity contribution >= 4 is 52.6 Å². The number of nitro benzene ring substituents is 1. The Morgan fingerprint density at radius 3 is 2.16 bits per heavy atom. The van der Waals surface area contributed by atoms with Crippen LogP contribution in [0.4, 0.5) is 17.1 Å². The second-order valence-electron chi connectivity index (χ2n) is 9.77. The van der Waals surface area contributed by atoms with Crippen LogP contribution in [0.1, 0.15) is 34.0 Å². The van der Waals surface area contributed by atoms with Gasteiger partial charge in [0, 0.05) is 34.0 Å². The van der Waals surface area contributed by atoms with Gasteiger partial charge in [-0.05, 0) is 92.6 Å². The highest BCUT2D eigenvalue weighted by Gasteiger charge is 2.17. The summed E-state index contributed by atoms with van der Waals surface area (Å²) < 4.78 is 0. The number of aryl methyl sites for hydroxylation is 2. The van der Waals surface area contributed by atoms with Crippen LogP contribution in [0.25, 0.3) is 6.08 Å². The van der Waals surface area contributed by atoms with Crippen molar-refractivity contribution in [3.8, 4) is 0 Å². The highest BCUT2D eigenvalue weighted by molar-refractivity contribution is 8.00. The normalized spacial score (nSPS) is 11.7. The molecule has 3 amide bonds. The number of anilines is 2. The monoisotopic (exact) mass is 594 g/mol. The van der Waals surface area contributed by atoms with Crippen LogP contribution < -0.4 is 16.0 Å². The molecule has 1 unspecified atom stereocenters. The number of hydrogen-bond donors (Lipinski definition) is 3. The molecule has 0 aliphatic carbocycles. The number of non-ortho nitro benzene ring substituents is 1. The van der Waals surface area contributed by atoms with Crippen LogP contribution in [0.2, 0.25) is 0 Å². The molecule has 0 aliphatic heterocycles. The molecule has 0 fully saturated rings. The molecule has 3 N–H and O–H groups in total. The van der Waals surface area contributed by atoms with E-state index in [0.717, 1.165) is 21.7 Å². The highest BCUT2D eigenvalue weighted by atomic mass is 32.2. The molecule has 0 aromatic heterocycles. The Morgan fingerprint density at radius 1 is 0.860 bits per heavy atom. The van der Waals surface area contributed by atoms with E-state index in [1.54, 1.807) is 54.6 Å². The van der Waals surface area contributed by atoms with E-state index < -0.39 is 16.7 Å². The average molecular weight is 595 g/mol. The van der Waals surface area contributed by atoms with Gasteiger partial charge in [0.1, 0.15) is 5.70 Å². The third kappa shape index (κ3) is 8.64. The Bertz CT molecular complexity index is 1670. The predicted octanol–water partition coefficient (Wildman–Crippen LogP) is 6.74. The lowest BCUT2D eigenvalue weighted by molar-refractivity contribution is -0.384. The molecule has 1 atom stereocenters. The number of benzene rings is 4. The minimum absolute atomic E-state index is 0.0437. The zero-order chi connectivity index (χ0) is 30.9. The maximum atomic E-state index is 13.3. The van der Waals surface area contributed by atoms with Crippen molar-refractivity contribution in [1.82, 2.24) is 5.32 Å². The molecule has 0 saturated heterocycles. The molecule has 9 nitrogen and oxygen atoms in total. The second-order valence-corrected chi connectivity index (χ2v) is 11.2. The standard InChI is InChI=1S/C33H30N4O5S/c1-21-9-18-29(22(2)19-21)35-31(38)23(3)43-28-16-12-26(13-17-28)34-33(40)30(36-32(39)25-7-5-4-6-8-25)20-24-10-14-27(15-11-24)37(41)42/h4-20,23H,1-3H3,(H,34,40)(H,35,38)(H,36,39)/b30-20-. The van der Waals surface area contributed by atoms with Crippen LogP contribution in [-0.4, -0.2) is 27.9 Å². The minimum Gasteiger partial charge on any atom is -0.325 e. The van der Waals surface area contributed by atoms with Gasteiger partial charge in [0.15, 0.2) is 0 Å². The van der Waals surface area contributed by atoms with E-state index in [2.05, 4.69) is 16.0 Å². The first kappa shape index (κ1) is 30.7. The van der Waals surface area contributed by atoms with Crippen LogP contribution in [0.15, 0.2) is 108 Å². The first-order valence-electron chi connectivity index (χ1n) is 13.4. The van der Waals surface area contributed by atoms with Crippen LogP contribution >= 0.6 is 11.8 Å². The fourth-order valence-electron chi connectivity index (χ4n) is 4.06. The quantitative estimate of drug-likeness (QED) is 0.0807. The molecule has 0 saturated carbocycles. The number of nitro groups is 1. The van der Waals surface area contributed by atoms with Crippen molar-refractivity contribution in [2.45, 2.75) is 30.9 Å². The number of rotatable bonds is 10. The molecule has 0 spiro atoms. The van der Waals surface area contributed by atoms with Crippen molar-refractivity contribution < 1.29 is 19.3 Å². The van der Waals surface area contributed by atoms with Gasteiger partial charge in [0.05, 0.1) is 10.2 Å². The van der Waals surface area contributed by atoms with E-state index in [9.17, 15) is 24.5 Å². The summed E-state index contributed by atoms with van der Waals surface area (Å²) in [4.78, 5) is 50.2. The summed E-state index contributed by atoms with van der Waals surface area (Å²) in [7, 11) is 0. The van der Waals surface area contributed by atoms with Crippen molar-refractivity contribution in [2.75, 3.05) is 10.6 Å². The minimum atomic E-state index is -0.579. The van der Waals surface area contributed by atoms with Gasteiger partial charge in [0.25, 0.3) is 17.5 Å². The van der Waals surface area contributed by atoms with E-state index >= 15 is 0 Å². The summed E-state index contributed by atoms with van der Waals surface area (Å²) in [5, 5.41) is 19.0. The van der Waals surface area contributed by atoms with E-state index in [4.69, 9.17) is 0 Å². The summed E-state index contributed by atoms with van der Waals surface area (Å²) >= 11 is 1.38. The summed E-state index contributed by atoms with van der Waals surface area (Å²) in [6.45, 7) is 5.77. The lowest BCUT2D eigenvalue weighted by Gasteiger charge is -2.15. The molecule has 0 aliphatic rings. The SMILES string of the molecule is Cc1ccc(NC(=O)C(C)Sc2ccc(NC(=O)/C(=C/c3ccc([N+](=O)[O-])cc3)NC(=O)c3ccccc3)cc2)c(C)c1. The summed E-state index contributed by atoms with van der Waals surface area (Å²) in [5.41, 5.74) is 4.09. The van der Waals surface area contributed by atoms with Gasteiger partial charge in [-0.1, -0.05) is 35.9 Å². The Hall–Kier alpha value is -5.22. The van der Waals surface area contributed by atoms with E-state index in [1.807, 2.05) is 39.0 Å². The first-order valence-corrected chi connectivity index (χ1v) is 14.3. The largest absolute Gasteiger partial charge is 0.325 e. The Balaban J connectivity index is 1.45. The molecule has 43 heavy (non-hydrogen) atoms. The highest BCUT2D eigenvalue weighted by Crippen LogP contribution is 2.27. The zero-order valence-electron chi connectivity index (χ0n) is 23.8. The van der Waals surface area contributed by atoms with Crippen molar-refractivity contribution in [3.05, 3.63) is 135 Å². The van der Waals surface area contributed by atoms with Crippen molar-refractivity contribution in [1.29, 1.82) is 0 Å². The van der Waals surface area contributed by atoms with E-state index in [-0.39, 0.29) is 22.5 Å². The number of amides is 3. The molecule has 4 rings (SSSR count). The lowest BCUT2D eigenvalue weighted by Crippen LogP contribution is -2.30. The fourth-order valence-corrected chi connectivity index (χ4v) is 4.93. The fraction of sp³-hybridized carbons (Fsp3) is 0.121. The number of carbonyl (C=O) groups is 3. The van der Waals surface area contributed by atoms with Crippen LogP contribution in [0.3, 0.4) is 0 Å². The van der Waals surface area contributed by atoms with Crippen molar-refractivity contribution in [2.24, 2.45) is 0 Å². The number of nitrogens with one attached hydrogen (secondary N) is 3. The van der Waals surface area contributed by atoms with Crippen LogP contribution in [-0.2, 0) is 9.59 Å². The lowest BCUT2D eigenvalue weighted by atomic mass is 10.1. The second kappa shape index (κ2) is 14.1. The van der Waals surface area contributed by atoms with Crippen molar-refractivity contribution in [3.63, 3.8) is 0 Å². The van der Waals surface area contributed by atoms with Crippen LogP contribution in [0.5, 0.6) is 0 Å². The molecule has 4 aromatic carbocycles. The molecule has 0 bridgehead atoms. The maximum absolute atomic E-state index is 13.3. The Kier molecular flexibility index (Phi) is 10.1. The van der Waals surface area contributed by atoms with Gasteiger partial charge in [0.2, 0.25) is 5.91 Å². The zero-order valence-corrected chi connectivity index (χ0v) is 24.6. The van der Waals surface area contributed by atoms with E-state index in [1.165, 1.54) is 42.1 Å². The third-order valence-corrected chi connectivity index (χ3v) is 7.49. The van der Waals surface area contributed by atoms with Gasteiger partial charge in [-0.2, -0.15) is 0 Å². The molecule has 218 valence electrons. The number of hydrogen-bond acceptors (Lipinski definition) is 6. The molecule has 4 aromatic rings. The number of thioether (sulfide) groups is 1. The van der Waals surface area contributed by atoms with Gasteiger partial charge in [-0.25, -0.2) is 0 Å². The smallest absolute Gasteiger partial charge is 0.272 e. The molecular weight excluding hydrogens is 564 g/mol. The molecule has 10 heteroatoms. The number of nitrogens with zero attached hydrogens (tertiary/aromatic N) is 1. The van der Waals surface area contributed by atoms with Crippen LogP contribution in [0, 0.1) is 24.0 Å². The topological polar surface area (TPSA) is 130 Å². The van der Waals surface area contributed by atoms with Gasteiger partial charge in [-0.3, -0.25) is 24.5 Å². The average Bonchev–Trinajstić information content (AvgIpc) is 2.99. The first-order chi connectivity index (χ1) is 20.6. The molecule has 0 radical (unpaired) electrons. The van der Waals surface area contributed by atoms with E-state index in [0.29, 0.717) is 16.8 Å². The Labute approximate surface area is 253 Å². The summed E-state index contributed by atoms with van der Waals surface area (Å²) in [6, 6.07) is 26.9. The summed E-state index contributed by atoms with van der Waals surface area (Å²) in [5.74, 6) is -1.18. The molecular formula is C33H30N4O5S. The van der Waals surface area contributed by atoms with Gasteiger partial charge >= 0.3 is 0 Å². The Morgan fingerprint density at radius 2 is 1.53 bits per heavy atom. The third-order valence-electron chi connectivity index (χ3n) is 6.38. The van der Waals surface area contributed by atoms with Gasteiger partial charge in [-0.15, -0.1) is 11.8 Å². The number of carbonyl (C=O) groups excluding carboxylic acids is 3.